The Balaban J connectivity index is 2.15. The van der Waals surface area contributed by atoms with Gasteiger partial charge in [-0.05, 0) is 43.2 Å². The quantitative estimate of drug-likeness (QED) is 0.781. The van der Waals surface area contributed by atoms with Crippen LogP contribution in [-0.4, -0.2) is 0 Å². The Hall–Kier alpha value is -1.09. The van der Waals surface area contributed by atoms with Crippen molar-refractivity contribution in [1.82, 2.24) is 5.32 Å². The van der Waals surface area contributed by atoms with Gasteiger partial charge in [-0.15, -0.1) is 0 Å². The fraction of sp³-hybridized carbons (Fsp3) is 0.250. The Labute approximate surface area is 128 Å². The summed E-state index contributed by atoms with van der Waals surface area (Å²) >= 11 is 12.2. The average molecular weight is 312 g/mol. The van der Waals surface area contributed by atoms with E-state index in [1.807, 2.05) is 32.0 Å². The van der Waals surface area contributed by atoms with Crippen LogP contribution >= 0.6 is 23.2 Å². The van der Waals surface area contributed by atoms with Gasteiger partial charge in [0.1, 0.15) is 5.82 Å². The van der Waals surface area contributed by atoms with Gasteiger partial charge in [0, 0.05) is 12.1 Å². The van der Waals surface area contributed by atoms with Crippen molar-refractivity contribution in [2.24, 2.45) is 0 Å². The van der Waals surface area contributed by atoms with Gasteiger partial charge in [-0.25, -0.2) is 4.39 Å². The van der Waals surface area contributed by atoms with Crippen molar-refractivity contribution in [2.45, 2.75) is 25.9 Å². The fourth-order valence-electron chi connectivity index (χ4n) is 2.19. The Morgan fingerprint density at radius 1 is 1.00 bits per heavy atom. The molecule has 0 aromatic heterocycles. The van der Waals surface area contributed by atoms with Crippen molar-refractivity contribution in [3.8, 4) is 0 Å². The van der Waals surface area contributed by atoms with E-state index in [0.717, 1.165) is 11.1 Å². The zero-order valence-corrected chi connectivity index (χ0v) is 12.8. The first-order chi connectivity index (χ1) is 9.49. The Bertz CT molecular complexity index is 601. The molecule has 4 heteroatoms. The Morgan fingerprint density at radius 2 is 1.70 bits per heavy atom. The molecular weight excluding hydrogens is 296 g/mol. The Morgan fingerprint density at radius 3 is 2.40 bits per heavy atom. The maximum Gasteiger partial charge on any atom is 0.123 e. The van der Waals surface area contributed by atoms with Crippen LogP contribution in [0.3, 0.4) is 0 Å². The highest BCUT2D eigenvalue weighted by Gasteiger charge is 2.15. The molecule has 106 valence electrons. The van der Waals surface area contributed by atoms with Gasteiger partial charge < -0.3 is 5.32 Å². The highest BCUT2D eigenvalue weighted by atomic mass is 35.5. The fourth-order valence-corrected chi connectivity index (χ4v) is 2.66. The zero-order chi connectivity index (χ0) is 14.7. The zero-order valence-electron chi connectivity index (χ0n) is 11.3. The van der Waals surface area contributed by atoms with Crippen molar-refractivity contribution in [3.05, 3.63) is 69.5 Å². The number of nitrogens with one attached hydrogen (secondary N) is 1. The predicted molar refractivity (Wildman–Crippen MR) is 82.8 cm³/mol. The molecule has 1 N–H and O–H groups in total. The third-order valence-electron chi connectivity index (χ3n) is 3.30. The molecule has 20 heavy (non-hydrogen) atoms. The van der Waals surface area contributed by atoms with Crippen LogP contribution in [0.4, 0.5) is 4.39 Å². The smallest absolute Gasteiger partial charge is 0.123 e. The molecule has 2 aromatic carbocycles. The van der Waals surface area contributed by atoms with Crippen molar-refractivity contribution in [2.75, 3.05) is 0 Å². The highest BCUT2D eigenvalue weighted by Crippen LogP contribution is 2.31. The molecule has 0 radical (unpaired) electrons. The lowest BCUT2D eigenvalue weighted by molar-refractivity contribution is 0.492. The molecule has 1 nitrogen and oxygen atoms in total. The molecule has 0 aliphatic carbocycles. The lowest BCUT2D eigenvalue weighted by Crippen LogP contribution is -2.22. The number of hydrogen-bond donors (Lipinski definition) is 1. The number of rotatable bonds is 4. The van der Waals surface area contributed by atoms with Gasteiger partial charge in [0.25, 0.3) is 0 Å². The van der Waals surface area contributed by atoms with E-state index in [9.17, 15) is 4.39 Å². The van der Waals surface area contributed by atoms with Crippen LogP contribution in [0.5, 0.6) is 0 Å². The van der Waals surface area contributed by atoms with Gasteiger partial charge in [-0.3, -0.25) is 0 Å². The molecule has 2 atom stereocenters. The first-order valence-electron chi connectivity index (χ1n) is 6.44. The van der Waals surface area contributed by atoms with E-state index in [2.05, 4.69) is 5.32 Å². The van der Waals surface area contributed by atoms with Crippen molar-refractivity contribution in [3.63, 3.8) is 0 Å². The summed E-state index contributed by atoms with van der Waals surface area (Å²) in [4.78, 5) is 0. The Kier molecular flexibility index (Phi) is 5.03. The van der Waals surface area contributed by atoms with E-state index in [1.54, 1.807) is 12.1 Å². The molecule has 2 unspecified atom stereocenters. The molecule has 0 aliphatic heterocycles. The molecule has 0 heterocycles. The van der Waals surface area contributed by atoms with E-state index in [1.165, 1.54) is 12.1 Å². The van der Waals surface area contributed by atoms with E-state index < -0.39 is 0 Å². The van der Waals surface area contributed by atoms with E-state index in [0.29, 0.717) is 10.0 Å². The number of benzene rings is 2. The lowest BCUT2D eigenvalue weighted by atomic mass is 10.0. The molecule has 0 saturated heterocycles. The second-order valence-electron chi connectivity index (χ2n) is 4.81. The summed E-state index contributed by atoms with van der Waals surface area (Å²) in [6, 6.07) is 12.2. The minimum absolute atomic E-state index is 0.00995. The maximum atomic E-state index is 13.2. The molecular formula is C16H16Cl2FN. The van der Waals surface area contributed by atoms with Gasteiger partial charge in [-0.2, -0.15) is 0 Å². The van der Waals surface area contributed by atoms with Crippen molar-refractivity contribution in [1.29, 1.82) is 0 Å². The normalized spacial score (nSPS) is 14.1. The van der Waals surface area contributed by atoms with Crippen LogP contribution in [0, 0.1) is 5.82 Å². The van der Waals surface area contributed by atoms with E-state index >= 15 is 0 Å². The summed E-state index contributed by atoms with van der Waals surface area (Å²) in [6.45, 7) is 4.00. The topological polar surface area (TPSA) is 12.0 Å². The van der Waals surface area contributed by atoms with Crippen LogP contribution in [0.15, 0.2) is 42.5 Å². The first-order valence-corrected chi connectivity index (χ1v) is 7.20. The molecule has 2 aromatic rings. The van der Waals surface area contributed by atoms with E-state index in [-0.39, 0.29) is 17.9 Å². The second-order valence-corrected chi connectivity index (χ2v) is 5.59. The van der Waals surface area contributed by atoms with Gasteiger partial charge >= 0.3 is 0 Å². The molecule has 0 fully saturated rings. The molecule has 0 bridgehead atoms. The summed E-state index contributed by atoms with van der Waals surface area (Å²) in [5.74, 6) is -0.232. The third-order valence-corrected chi connectivity index (χ3v) is 4.13. The minimum Gasteiger partial charge on any atom is -0.304 e. The van der Waals surface area contributed by atoms with Crippen LogP contribution in [0.1, 0.15) is 37.1 Å². The van der Waals surface area contributed by atoms with Gasteiger partial charge in [0.15, 0.2) is 0 Å². The summed E-state index contributed by atoms with van der Waals surface area (Å²) in [7, 11) is 0. The van der Waals surface area contributed by atoms with Gasteiger partial charge in [0.2, 0.25) is 0 Å². The third kappa shape index (κ3) is 3.51. The highest BCUT2D eigenvalue weighted by molar-refractivity contribution is 6.42. The number of hydrogen-bond acceptors (Lipinski definition) is 1. The van der Waals surface area contributed by atoms with Crippen molar-refractivity contribution < 1.29 is 4.39 Å². The van der Waals surface area contributed by atoms with Gasteiger partial charge in [0.05, 0.1) is 10.0 Å². The van der Waals surface area contributed by atoms with Crippen LogP contribution in [0.2, 0.25) is 10.0 Å². The number of halogens is 3. The van der Waals surface area contributed by atoms with E-state index in [4.69, 9.17) is 23.2 Å². The van der Waals surface area contributed by atoms with Crippen molar-refractivity contribution >= 4 is 23.2 Å². The molecule has 2 rings (SSSR count). The monoisotopic (exact) mass is 311 g/mol. The minimum atomic E-state index is -0.232. The lowest BCUT2D eigenvalue weighted by Gasteiger charge is -2.22. The molecule has 0 spiro atoms. The second kappa shape index (κ2) is 6.57. The molecule has 0 saturated carbocycles. The summed E-state index contributed by atoms with van der Waals surface area (Å²) in [5.41, 5.74) is 1.83. The average Bonchev–Trinajstić information content (AvgIpc) is 2.41. The summed E-state index contributed by atoms with van der Waals surface area (Å²) in [6.07, 6.45) is 0. The van der Waals surface area contributed by atoms with Crippen LogP contribution < -0.4 is 5.32 Å². The standard InChI is InChI=1S/C16H16Cl2FN/c1-10(12-5-3-6-13(19)9-12)20-11(2)14-7-4-8-15(17)16(14)18/h3-11,20H,1-2H3. The van der Waals surface area contributed by atoms with Gasteiger partial charge in [-0.1, -0.05) is 47.5 Å². The summed E-state index contributed by atoms with van der Waals surface area (Å²) in [5, 5.41) is 4.49. The molecule has 0 amide bonds. The summed E-state index contributed by atoms with van der Waals surface area (Å²) < 4.78 is 13.2. The SMILES string of the molecule is CC(NC(C)c1cccc(Cl)c1Cl)c1cccc(F)c1. The van der Waals surface area contributed by atoms with Crippen LogP contribution in [-0.2, 0) is 0 Å². The largest absolute Gasteiger partial charge is 0.304 e. The van der Waals surface area contributed by atoms with Crippen LogP contribution in [0.25, 0.3) is 0 Å². The molecule has 0 aliphatic rings. The predicted octanol–water partition coefficient (Wildman–Crippen LogP) is 5.54. The first kappa shape index (κ1) is 15.3. The maximum absolute atomic E-state index is 13.2.